The number of nitrogens with zero attached hydrogens (tertiary/aromatic N) is 2. The Hall–Kier alpha value is -2.91. The second-order valence-corrected chi connectivity index (χ2v) is 10.8. The number of rotatable bonds is 5. The van der Waals surface area contributed by atoms with Crippen molar-refractivity contribution in [3.63, 3.8) is 0 Å². The van der Waals surface area contributed by atoms with Gasteiger partial charge in [-0.1, -0.05) is 41.9 Å². The van der Waals surface area contributed by atoms with Crippen LogP contribution in [0.15, 0.2) is 54.6 Å². The van der Waals surface area contributed by atoms with E-state index in [1.54, 1.807) is 61.5 Å². The highest BCUT2D eigenvalue weighted by atomic mass is 35.5. The Labute approximate surface area is 191 Å². The van der Waals surface area contributed by atoms with Gasteiger partial charge in [-0.25, -0.2) is 13.2 Å². The number of imide groups is 1. The number of para-hydroxylation sites is 1. The zero-order chi connectivity index (χ0) is 23.1. The van der Waals surface area contributed by atoms with Crippen LogP contribution in [0.4, 0.5) is 10.5 Å². The zero-order valence-corrected chi connectivity index (χ0v) is 18.9. The van der Waals surface area contributed by atoms with E-state index >= 15 is 0 Å². The zero-order valence-electron chi connectivity index (χ0n) is 17.3. The van der Waals surface area contributed by atoms with Crippen molar-refractivity contribution in [2.24, 2.45) is 0 Å². The first-order chi connectivity index (χ1) is 15.1. The molecule has 2 aliphatic rings. The molecule has 8 nitrogen and oxygen atoms in total. The Morgan fingerprint density at radius 3 is 2.41 bits per heavy atom. The summed E-state index contributed by atoms with van der Waals surface area (Å²) in [6.07, 6.45) is 0.297. The lowest BCUT2D eigenvalue weighted by atomic mass is 9.92. The number of halogens is 1. The number of sulfone groups is 1. The van der Waals surface area contributed by atoms with Crippen molar-refractivity contribution in [1.82, 2.24) is 10.2 Å². The van der Waals surface area contributed by atoms with Gasteiger partial charge in [0, 0.05) is 10.7 Å². The summed E-state index contributed by atoms with van der Waals surface area (Å²) < 4.78 is 24.1. The monoisotopic (exact) mass is 475 g/mol. The lowest BCUT2D eigenvalue weighted by molar-refractivity contribution is -0.134. The molecule has 0 unspecified atom stereocenters. The highest BCUT2D eigenvalue weighted by Crippen LogP contribution is 2.30. The van der Waals surface area contributed by atoms with Gasteiger partial charge in [0.1, 0.15) is 12.1 Å². The van der Waals surface area contributed by atoms with Crippen LogP contribution in [0.2, 0.25) is 5.02 Å². The Morgan fingerprint density at radius 2 is 1.81 bits per heavy atom. The van der Waals surface area contributed by atoms with E-state index in [1.807, 2.05) is 0 Å². The average molecular weight is 476 g/mol. The molecule has 0 bridgehead atoms. The normalized spacial score (nSPS) is 24.4. The Kier molecular flexibility index (Phi) is 5.72. The minimum atomic E-state index is -3.25. The second-order valence-electron chi connectivity index (χ2n) is 8.11. The van der Waals surface area contributed by atoms with Crippen molar-refractivity contribution >= 4 is 45.0 Å². The fourth-order valence-electron chi connectivity index (χ4n) is 4.16. The van der Waals surface area contributed by atoms with Gasteiger partial charge in [0.15, 0.2) is 9.84 Å². The Bertz CT molecular complexity index is 1170. The number of amides is 4. The van der Waals surface area contributed by atoms with E-state index in [0.717, 1.165) is 4.90 Å². The molecule has 168 valence electrons. The lowest BCUT2D eigenvalue weighted by Gasteiger charge is -2.30. The molecule has 10 heteroatoms. The third-order valence-corrected chi connectivity index (χ3v) is 7.87. The van der Waals surface area contributed by atoms with E-state index in [4.69, 9.17) is 11.6 Å². The molecule has 0 radical (unpaired) electrons. The Balaban J connectivity index is 1.60. The van der Waals surface area contributed by atoms with Crippen molar-refractivity contribution in [3.8, 4) is 0 Å². The van der Waals surface area contributed by atoms with Crippen LogP contribution in [0, 0.1) is 0 Å². The van der Waals surface area contributed by atoms with Crippen molar-refractivity contribution < 1.29 is 22.8 Å². The molecule has 2 fully saturated rings. The summed E-state index contributed by atoms with van der Waals surface area (Å²) in [5, 5.41) is 3.15. The summed E-state index contributed by atoms with van der Waals surface area (Å²) in [7, 11) is -3.25. The molecule has 0 saturated carbocycles. The molecule has 2 atom stereocenters. The summed E-state index contributed by atoms with van der Waals surface area (Å²) in [5.74, 6) is -1.25. The third-order valence-electron chi connectivity index (χ3n) is 5.87. The van der Waals surface area contributed by atoms with Gasteiger partial charge in [0.2, 0.25) is 5.91 Å². The standard InChI is InChI=1S/C22H22ClN3O5S/c1-22(15-7-9-16(23)10-8-15)20(28)25(21(29)24-22)13-19(27)26(17-5-3-2-4-6-17)18-11-12-32(30,31)14-18/h2-10,18H,11-14H2,1H3,(H,24,29)/t18-,22+/m1/s1. The molecule has 0 aromatic heterocycles. The summed E-state index contributed by atoms with van der Waals surface area (Å²) in [5.41, 5.74) is -0.278. The van der Waals surface area contributed by atoms with Crippen LogP contribution in [0.3, 0.4) is 0 Å². The summed E-state index contributed by atoms with van der Waals surface area (Å²) in [6, 6.07) is 13.9. The van der Waals surface area contributed by atoms with E-state index in [9.17, 15) is 22.8 Å². The molecule has 2 aromatic rings. The molecule has 0 aliphatic carbocycles. The third kappa shape index (κ3) is 4.10. The van der Waals surface area contributed by atoms with Crippen LogP contribution in [-0.2, 0) is 25.0 Å². The largest absolute Gasteiger partial charge is 0.325 e. The van der Waals surface area contributed by atoms with Gasteiger partial charge in [0.25, 0.3) is 5.91 Å². The minimum Gasteiger partial charge on any atom is -0.319 e. The van der Waals surface area contributed by atoms with E-state index in [0.29, 0.717) is 22.7 Å². The molecule has 2 saturated heterocycles. The van der Waals surface area contributed by atoms with E-state index in [2.05, 4.69) is 5.32 Å². The maximum Gasteiger partial charge on any atom is 0.325 e. The van der Waals surface area contributed by atoms with Gasteiger partial charge in [-0.15, -0.1) is 0 Å². The molecular formula is C22H22ClN3O5S. The maximum atomic E-state index is 13.3. The van der Waals surface area contributed by atoms with Crippen LogP contribution in [-0.4, -0.2) is 55.3 Å². The fraction of sp³-hybridized carbons (Fsp3) is 0.318. The number of hydrogen-bond acceptors (Lipinski definition) is 5. The number of urea groups is 1. The first-order valence-electron chi connectivity index (χ1n) is 10.1. The number of benzene rings is 2. The van der Waals surface area contributed by atoms with Crippen LogP contribution in [0.1, 0.15) is 18.9 Å². The molecule has 1 N–H and O–H groups in total. The van der Waals surface area contributed by atoms with Gasteiger partial charge in [-0.05, 0) is 43.2 Å². The van der Waals surface area contributed by atoms with Crippen LogP contribution < -0.4 is 10.2 Å². The van der Waals surface area contributed by atoms with Gasteiger partial charge >= 0.3 is 6.03 Å². The summed E-state index contributed by atoms with van der Waals surface area (Å²) in [6.45, 7) is 1.07. The van der Waals surface area contributed by atoms with E-state index in [1.165, 1.54) is 4.90 Å². The lowest BCUT2D eigenvalue weighted by Crippen LogP contribution is -2.48. The van der Waals surface area contributed by atoms with Gasteiger partial charge in [0.05, 0.1) is 17.5 Å². The van der Waals surface area contributed by atoms with Gasteiger partial charge < -0.3 is 10.2 Å². The first-order valence-corrected chi connectivity index (χ1v) is 12.3. The van der Waals surface area contributed by atoms with Crippen LogP contribution >= 0.6 is 11.6 Å². The SMILES string of the molecule is C[C@@]1(c2ccc(Cl)cc2)NC(=O)N(CC(=O)N(c2ccccc2)[C@@H]2CCS(=O)(=O)C2)C1=O. The van der Waals surface area contributed by atoms with Gasteiger partial charge in [-0.3, -0.25) is 14.5 Å². The molecule has 2 aromatic carbocycles. The molecule has 32 heavy (non-hydrogen) atoms. The molecule has 4 amide bonds. The molecule has 0 spiro atoms. The van der Waals surface area contributed by atoms with Gasteiger partial charge in [-0.2, -0.15) is 0 Å². The average Bonchev–Trinajstić information content (AvgIpc) is 3.21. The number of carbonyl (C=O) groups is 3. The number of carbonyl (C=O) groups excluding carboxylic acids is 3. The van der Waals surface area contributed by atoms with E-state index < -0.39 is 45.8 Å². The Morgan fingerprint density at radius 1 is 1.16 bits per heavy atom. The quantitative estimate of drug-likeness (QED) is 0.668. The summed E-state index contributed by atoms with van der Waals surface area (Å²) >= 11 is 5.93. The number of nitrogens with one attached hydrogen (secondary N) is 1. The van der Waals surface area contributed by atoms with Crippen LogP contribution in [0.5, 0.6) is 0 Å². The summed E-state index contributed by atoms with van der Waals surface area (Å²) in [4.78, 5) is 41.4. The predicted octanol–water partition coefficient (Wildman–Crippen LogP) is 2.33. The van der Waals surface area contributed by atoms with Crippen molar-refractivity contribution in [2.45, 2.75) is 24.9 Å². The smallest absolute Gasteiger partial charge is 0.319 e. The molecule has 2 aliphatic heterocycles. The number of hydrogen-bond donors (Lipinski definition) is 1. The maximum absolute atomic E-state index is 13.3. The van der Waals surface area contributed by atoms with Crippen LogP contribution in [0.25, 0.3) is 0 Å². The first kappa shape index (κ1) is 22.3. The predicted molar refractivity (Wildman–Crippen MR) is 120 cm³/mol. The fourth-order valence-corrected chi connectivity index (χ4v) is 5.98. The highest BCUT2D eigenvalue weighted by Gasteiger charge is 2.50. The second kappa shape index (κ2) is 8.22. The minimum absolute atomic E-state index is 0.00789. The highest BCUT2D eigenvalue weighted by molar-refractivity contribution is 7.91. The molecule has 4 rings (SSSR count). The van der Waals surface area contributed by atoms with E-state index in [-0.39, 0.29) is 11.5 Å². The molecule has 2 heterocycles. The number of anilines is 1. The van der Waals surface area contributed by atoms with Crippen molar-refractivity contribution in [2.75, 3.05) is 23.0 Å². The topological polar surface area (TPSA) is 104 Å². The van der Waals surface area contributed by atoms with Crippen molar-refractivity contribution in [1.29, 1.82) is 0 Å². The molecular weight excluding hydrogens is 454 g/mol. The van der Waals surface area contributed by atoms with Crippen molar-refractivity contribution in [3.05, 3.63) is 65.2 Å².